The lowest BCUT2D eigenvalue weighted by Gasteiger charge is -2.19. The van der Waals surface area contributed by atoms with Crippen molar-refractivity contribution in [3.63, 3.8) is 0 Å². The first-order valence-electron chi connectivity index (χ1n) is 7.38. The van der Waals surface area contributed by atoms with Crippen molar-refractivity contribution in [3.05, 3.63) is 29.3 Å². The van der Waals surface area contributed by atoms with Crippen molar-refractivity contribution in [2.24, 2.45) is 5.92 Å². The van der Waals surface area contributed by atoms with Crippen LogP contribution in [-0.4, -0.2) is 38.4 Å². The van der Waals surface area contributed by atoms with Crippen LogP contribution in [0.3, 0.4) is 0 Å². The SMILES string of the molecule is Cc1cc(F)c(S(=O)(=O)N[C@@H]2CCN(C(=O)C(C)C)C2)cc1F. The van der Waals surface area contributed by atoms with E-state index in [0.29, 0.717) is 19.0 Å². The van der Waals surface area contributed by atoms with Gasteiger partial charge in [0.25, 0.3) is 0 Å². The number of likely N-dealkylation sites (tertiary alicyclic amines) is 1. The standard InChI is InChI=1S/C15H20F2N2O3S/c1-9(2)15(20)19-5-4-11(8-19)18-23(21,22)14-7-12(16)10(3)6-13(14)17/h6-7,9,11,18H,4-5,8H2,1-3H3/t11-/m1/s1. The van der Waals surface area contributed by atoms with E-state index < -0.39 is 32.6 Å². The van der Waals surface area contributed by atoms with Crippen molar-refractivity contribution in [3.8, 4) is 0 Å². The molecule has 0 aliphatic carbocycles. The van der Waals surface area contributed by atoms with E-state index in [-0.39, 0.29) is 23.9 Å². The van der Waals surface area contributed by atoms with E-state index >= 15 is 0 Å². The first kappa shape index (κ1) is 17.8. The quantitative estimate of drug-likeness (QED) is 0.904. The van der Waals surface area contributed by atoms with Gasteiger partial charge in [-0.25, -0.2) is 21.9 Å². The molecule has 0 unspecified atom stereocenters. The maximum absolute atomic E-state index is 13.9. The van der Waals surface area contributed by atoms with Gasteiger partial charge in [-0.05, 0) is 31.0 Å². The van der Waals surface area contributed by atoms with Gasteiger partial charge in [-0.2, -0.15) is 0 Å². The summed E-state index contributed by atoms with van der Waals surface area (Å²) in [5.41, 5.74) is 0.0380. The molecule has 8 heteroatoms. The predicted molar refractivity (Wildman–Crippen MR) is 81.2 cm³/mol. The molecule has 1 fully saturated rings. The van der Waals surface area contributed by atoms with Gasteiger partial charge in [-0.15, -0.1) is 0 Å². The molecule has 1 atom stereocenters. The minimum atomic E-state index is -4.19. The zero-order valence-electron chi connectivity index (χ0n) is 13.3. The highest BCUT2D eigenvalue weighted by atomic mass is 32.2. The van der Waals surface area contributed by atoms with Crippen molar-refractivity contribution >= 4 is 15.9 Å². The van der Waals surface area contributed by atoms with Crippen LogP contribution in [0.15, 0.2) is 17.0 Å². The molecule has 1 amide bonds. The molecule has 0 aromatic heterocycles. The third kappa shape index (κ3) is 3.87. The fourth-order valence-corrected chi connectivity index (χ4v) is 3.87. The van der Waals surface area contributed by atoms with E-state index in [1.165, 1.54) is 6.92 Å². The maximum atomic E-state index is 13.9. The summed E-state index contributed by atoms with van der Waals surface area (Å²) in [6, 6.07) is 1.03. The molecule has 1 aliphatic rings. The lowest BCUT2D eigenvalue weighted by atomic mass is 10.2. The highest BCUT2D eigenvalue weighted by Gasteiger charge is 2.31. The van der Waals surface area contributed by atoms with Crippen LogP contribution in [0.1, 0.15) is 25.8 Å². The first-order valence-corrected chi connectivity index (χ1v) is 8.87. The molecule has 1 heterocycles. The van der Waals surface area contributed by atoms with Crippen LogP contribution in [-0.2, 0) is 14.8 Å². The van der Waals surface area contributed by atoms with Crippen LogP contribution >= 0.6 is 0 Å². The summed E-state index contributed by atoms with van der Waals surface area (Å²) < 4.78 is 54.3. The van der Waals surface area contributed by atoms with Crippen molar-refractivity contribution < 1.29 is 22.0 Å². The smallest absolute Gasteiger partial charge is 0.243 e. The zero-order valence-corrected chi connectivity index (χ0v) is 14.1. The van der Waals surface area contributed by atoms with Gasteiger partial charge in [0, 0.05) is 25.0 Å². The van der Waals surface area contributed by atoms with Crippen molar-refractivity contribution in [2.75, 3.05) is 13.1 Å². The van der Waals surface area contributed by atoms with E-state index in [4.69, 9.17) is 0 Å². The highest BCUT2D eigenvalue weighted by Crippen LogP contribution is 2.21. The number of rotatable bonds is 4. The van der Waals surface area contributed by atoms with Gasteiger partial charge in [0.15, 0.2) is 0 Å². The number of hydrogen-bond acceptors (Lipinski definition) is 3. The third-order valence-electron chi connectivity index (χ3n) is 3.82. The third-order valence-corrected chi connectivity index (χ3v) is 5.35. The number of aryl methyl sites for hydroxylation is 1. The van der Waals surface area contributed by atoms with Crippen LogP contribution < -0.4 is 4.72 Å². The van der Waals surface area contributed by atoms with Gasteiger partial charge < -0.3 is 4.90 Å². The molecular weight excluding hydrogens is 326 g/mol. The van der Waals surface area contributed by atoms with Gasteiger partial charge >= 0.3 is 0 Å². The van der Waals surface area contributed by atoms with Crippen molar-refractivity contribution in [1.29, 1.82) is 0 Å². The maximum Gasteiger partial charge on any atom is 0.243 e. The summed E-state index contributed by atoms with van der Waals surface area (Å²) in [4.78, 5) is 12.8. The van der Waals surface area contributed by atoms with Gasteiger partial charge in [0.2, 0.25) is 15.9 Å². The fraction of sp³-hybridized carbons (Fsp3) is 0.533. The number of benzene rings is 1. The Morgan fingerprint density at radius 3 is 2.57 bits per heavy atom. The molecule has 5 nitrogen and oxygen atoms in total. The van der Waals surface area contributed by atoms with Gasteiger partial charge in [-0.1, -0.05) is 13.8 Å². The summed E-state index contributed by atoms with van der Waals surface area (Å²) in [6.45, 7) is 5.56. The Morgan fingerprint density at radius 1 is 1.30 bits per heavy atom. The summed E-state index contributed by atoms with van der Waals surface area (Å²) in [6.07, 6.45) is 0.438. The Bertz CT molecular complexity index is 720. The summed E-state index contributed by atoms with van der Waals surface area (Å²) >= 11 is 0. The Hall–Kier alpha value is -1.54. The molecule has 1 aromatic carbocycles. The Morgan fingerprint density at radius 2 is 1.96 bits per heavy atom. The zero-order chi connectivity index (χ0) is 17.4. The van der Waals surface area contributed by atoms with Gasteiger partial charge in [-0.3, -0.25) is 4.79 Å². The minimum absolute atomic E-state index is 0.0380. The monoisotopic (exact) mass is 346 g/mol. The Labute approximate surface area is 134 Å². The van der Waals surface area contributed by atoms with Crippen LogP contribution in [0.4, 0.5) is 8.78 Å². The lowest BCUT2D eigenvalue weighted by Crippen LogP contribution is -2.39. The lowest BCUT2D eigenvalue weighted by molar-refractivity contribution is -0.133. The molecule has 2 rings (SSSR count). The Balaban J connectivity index is 2.14. The molecular formula is C15H20F2N2O3S. The second-order valence-corrected chi connectivity index (χ2v) is 7.76. The minimum Gasteiger partial charge on any atom is -0.341 e. The van der Waals surface area contributed by atoms with E-state index in [1.54, 1.807) is 18.7 Å². The second-order valence-electron chi connectivity index (χ2n) is 6.08. The van der Waals surface area contributed by atoms with Crippen LogP contribution in [0, 0.1) is 24.5 Å². The van der Waals surface area contributed by atoms with Crippen LogP contribution in [0.25, 0.3) is 0 Å². The average molecular weight is 346 g/mol. The largest absolute Gasteiger partial charge is 0.341 e. The van der Waals surface area contributed by atoms with Gasteiger partial charge in [0.05, 0.1) is 0 Å². The second kappa shape index (κ2) is 6.52. The molecule has 1 aliphatic heterocycles. The molecule has 0 bridgehead atoms. The molecule has 1 aromatic rings. The number of hydrogen-bond donors (Lipinski definition) is 1. The molecule has 23 heavy (non-hydrogen) atoms. The van der Waals surface area contributed by atoms with E-state index in [9.17, 15) is 22.0 Å². The summed E-state index contributed by atoms with van der Waals surface area (Å²) in [7, 11) is -4.19. The average Bonchev–Trinajstić information content (AvgIpc) is 2.89. The van der Waals surface area contributed by atoms with E-state index in [0.717, 1.165) is 6.07 Å². The van der Waals surface area contributed by atoms with Crippen LogP contribution in [0.2, 0.25) is 0 Å². The highest BCUT2D eigenvalue weighted by molar-refractivity contribution is 7.89. The number of carbonyl (C=O) groups excluding carboxylic acids is 1. The van der Waals surface area contributed by atoms with E-state index in [2.05, 4.69) is 4.72 Å². The summed E-state index contributed by atoms with van der Waals surface area (Å²) in [5, 5.41) is 0. The molecule has 0 radical (unpaired) electrons. The van der Waals surface area contributed by atoms with Gasteiger partial charge in [0.1, 0.15) is 16.5 Å². The molecule has 1 saturated heterocycles. The predicted octanol–water partition coefficient (Wildman–Crippen LogP) is 1.81. The molecule has 1 N–H and O–H groups in total. The number of sulfonamides is 1. The fourth-order valence-electron chi connectivity index (χ4n) is 2.54. The van der Waals surface area contributed by atoms with Crippen molar-refractivity contribution in [2.45, 2.75) is 38.1 Å². The molecule has 0 spiro atoms. The number of nitrogens with zero attached hydrogens (tertiary/aromatic N) is 1. The first-order chi connectivity index (χ1) is 10.6. The topological polar surface area (TPSA) is 66.5 Å². The van der Waals surface area contributed by atoms with Crippen LogP contribution in [0.5, 0.6) is 0 Å². The molecule has 0 saturated carbocycles. The number of amides is 1. The number of carbonyl (C=O) groups is 1. The molecule has 128 valence electrons. The number of nitrogens with one attached hydrogen (secondary N) is 1. The Kier molecular flexibility index (Phi) is 5.05. The normalized spacial score (nSPS) is 18.7. The summed E-state index contributed by atoms with van der Waals surface area (Å²) in [5.74, 6) is -2.01. The van der Waals surface area contributed by atoms with Crippen molar-refractivity contribution in [1.82, 2.24) is 9.62 Å². The number of halogens is 2. The van der Waals surface area contributed by atoms with E-state index in [1.807, 2.05) is 0 Å².